The minimum absolute atomic E-state index is 0.0468. The van der Waals surface area contributed by atoms with Crippen LogP contribution < -0.4 is 4.74 Å². The number of phenolic OH excluding ortho intramolecular Hbond substituents is 1. The van der Waals surface area contributed by atoms with Crippen molar-refractivity contribution in [3.05, 3.63) is 32.6 Å². The molecule has 0 bridgehead atoms. The highest BCUT2D eigenvalue weighted by atomic mass is 127. The molecule has 0 fully saturated rings. The number of hydrogen-bond acceptors (Lipinski definition) is 4. The van der Waals surface area contributed by atoms with Crippen molar-refractivity contribution in [2.24, 2.45) is 0 Å². The Morgan fingerprint density at radius 2 is 1.90 bits per heavy atom. The van der Waals surface area contributed by atoms with Crippen molar-refractivity contribution in [2.75, 3.05) is 7.11 Å². The van der Waals surface area contributed by atoms with Crippen LogP contribution in [0.5, 0.6) is 11.5 Å². The van der Waals surface area contributed by atoms with Crippen molar-refractivity contribution >= 4 is 34.2 Å². The highest BCUT2D eigenvalue weighted by Crippen LogP contribution is 2.34. The first-order valence-electron chi connectivity index (χ1n) is 6.35. The van der Waals surface area contributed by atoms with E-state index in [-0.39, 0.29) is 11.2 Å². The third kappa shape index (κ3) is 3.40. The van der Waals surface area contributed by atoms with Crippen molar-refractivity contribution in [2.45, 2.75) is 26.2 Å². The summed E-state index contributed by atoms with van der Waals surface area (Å²) < 4.78 is 5.89. The standard InChI is InChI=1S/C15H16ClIN2O2/c1-15(2,3)12-11(17)13(16)19-14(18-12)8-5-6-10(21-4)9(20)7-8/h5-7,20H,1-4H3. The molecule has 0 aliphatic rings. The lowest BCUT2D eigenvalue weighted by Gasteiger charge is -2.20. The quantitative estimate of drug-likeness (QED) is 0.580. The zero-order chi connectivity index (χ0) is 15.8. The van der Waals surface area contributed by atoms with Gasteiger partial charge in [-0.05, 0) is 40.8 Å². The number of hydrogen-bond donors (Lipinski definition) is 1. The van der Waals surface area contributed by atoms with Crippen LogP contribution in [0, 0.1) is 3.57 Å². The second-order valence-corrected chi connectivity index (χ2v) is 7.07. The lowest BCUT2D eigenvalue weighted by molar-refractivity contribution is 0.373. The van der Waals surface area contributed by atoms with Gasteiger partial charge in [0.05, 0.1) is 16.4 Å². The fraction of sp³-hybridized carbons (Fsp3) is 0.333. The molecule has 0 radical (unpaired) electrons. The van der Waals surface area contributed by atoms with Gasteiger partial charge in [-0.15, -0.1) is 0 Å². The van der Waals surface area contributed by atoms with E-state index in [0.717, 1.165) is 9.26 Å². The monoisotopic (exact) mass is 418 g/mol. The van der Waals surface area contributed by atoms with Crippen LogP contribution in [0.3, 0.4) is 0 Å². The molecule has 0 spiro atoms. The lowest BCUT2D eigenvalue weighted by atomic mass is 9.92. The van der Waals surface area contributed by atoms with E-state index >= 15 is 0 Å². The Labute approximate surface area is 142 Å². The molecule has 1 N–H and O–H groups in total. The fourth-order valence-corrected chi connectivity index (χ4v) is 3.09. The van der Waals surface area contributed by atoms with Crippen molar-refractivity contribution < 1.29 is 9.84 Å². The summed E-state index contributed by atoms with van der Waals surface area (Å²) in [5, 5.41) is 10.3. The van der Waals surface area contributed by atoms with Gasteiger partial charge in [0.2, 0.25) is 0 Å². The second-order valence-electron chi connectivity index (χ2n) is 5.64. The van der Waals surface area contributed by atoms with Crippen LogP contribution >= 0.6 is 34.2 Å². The maximum Gasteiger partial charge on any atom is 0.161 e. The van der Waals surface area contributed by atoms with E-state index in [2.05, 4.69) is 53.3 Å². The highest BCUT2D eigenvalue weighted by Gasteiger charge is 2.23. The molecule has 0 aliphatic heterocycles. The van der Waals surface area contributed by atoms with E-state index in [4.69, 9.17) is 16.3 Å². The number of nitrogens with zero attached hydrogens (tertiary/aromatic N) is 2. The van der Waals surface area contributed by atoms with Gasteiger partial charge in [0.15, 0.2) is 17.3 Å². The van der Waals surface area contributed by atoms with Gasteiger partial charge in [0, 0.05) is 11.0 Å². The van der Waals surface area contributed by atoms with Crippen LogP contribution in [-0.4, -0.2) is 22.2 Å². The molecule has 2 aromatic rings. The average Bonchev–Trinajstić information content (AvgIpc) is 2.40. The number of rotatable bonds is 2. The van der Waals surface area contributed by atoms with Gasteiger partial charge in [-0.1, -0.05) is 32.4 Å². The van der Waals surface area contributed by atoms with Crippen LogP contribution in [0.1, 0.15) is 26.5 Å². The molecule has 4 nitrogen and oxygen atoms in total. The van der Waals surface area contributed by atoms with E-state index < -0.39 is 0 Å². The van der Waals surface area contributed by atoms with Gasteiger partial charge in [-0.2, -0.15) is 0 Å². The topological polar surface area (TPSA) is 55.2 Å². The molecule has 112 valence electrons. The van der Waals surface area contributed by atoms with Crippen LogP contribution in [0.2, 0.25) is 5.15 Å². The van der Waals surface area contributed by atoms with Crippen molar-refractivity contribution in [1.29, 1.82) is 0 Å². The van der Waals surface area contributed by atoms with Crippen molar-refractivity contribution in [3.8, 4) is 22.9 Å². The third-order valence-corrected chi connectivity index (χ3v) is 4.57. The molecule has 0 unspecified atom stereocenters. The number of phenols is 1. The zero-order valence-electron chi connectivity index (χ0n) is 12.2. The fourth-order valence-electron chi connectivity index (χ4n) is 1.87. The van der Waals surface area contributed by atoms with Crippen LogP contribution in [0.4, 0.5) is 0 Å². The van der Waals surface area contributed by atoms with E-state index in [0.29, 0.717) is 22.3 Å². The summed E-state index contributed by atoms with van der Waals surface area (Å²) in [5.74, 6) is 0.945. The van der Waals surface area contributed by atoms with Gasteiger partial charge in [-0.3, -0.25) is 0 Å². The van der Waals surface area contributed by atoms with Crippen molar-refractivity contribution in [1.82, 2.24) is 9.97 Å². The summed E-state index contributed by atoms with van der Waals surface area (Å²) in [7, 11) is 1.50. The smallest absolute Gasteiger partial charge is 0.161 e. The molecule has 0 atom stereocenters. The van der Waals surface area contributed by atoms with E-state index in [1.807, 2.05) is 0 Å². The summed E-state index contributed by atoms with van der Waals surface area (Å²) in [6.45, 7) is 6.22. The number of aromatic hydroxyl groups is 1. The first kappa shape index (κ1) is 16.3. The predicted molar refractivity (Wildman–Crippen MR) is 92.1 cm³/mol. The molecule has 6 heteroatoms. The van der Waals surface area contributed by atoms with Crippen LogP contribution in [-0.2, 0) is 5.41 Å². The van der Waals surface area contributed by atoms with E-state index in [1.54, 1.807) is 18.2 Å². The maximum absolute atomic E-state index is 9.89. The van der Waals surface area contributed by atoms with Gasteiger partial charge in [0.25, 0.3) is 0 Å². The predicted octanol–water partition coefficient (Wildman–Crippen LogP) is 4.41. The molecular formula is C15H16ClIN2O2. The summed E-state index contributed by atoms with van der Waals surface area (Å²) in [6.07, 6.45) is 0. The normalized spacial score (nSPS) is 11.5. The molecule has 21 heavy (non-hydrogen) atoms. The third-order valence-electron chi connectivity index (χ3n) is 2.96. The summed E-state index contributed by atoms with van der Waals surface area (Å²) in [5.41, 5.74) is 1.43. The van der Waals surface area contributed by atoms with Crippen LogP contribution in [0.15, 0.2) is 18.2 Å². The molecule has 0 saturated heterocycles. The molecule has 0 aliphatic carbocycles. The number of halogens is 2. The molecule has 1 aromatic heterocycles. The minimum atomic E-state index is -0.146. The Bertz CT molecular complexity index is 684. The molecule has 1 heterocycles. The van der Waals surface area contributed by atoms with Gasteiger partial charge >= 0.3 is 0 Å². The Hall–Kier alpha value is -1.08. The van der Waals surface area contributed by atoms with Gasteiger partial charge in [0.1, 0.15) is 5.15 Å². The Balaban J connectivity index is 2.60. The second kappa shape index (κ2) is 5.96. The van der Waals surface area contributed by atoms with Gasteiger partial charge in [-0.25, -0.2) is 9.97 Å². The lowest BCUT2D eigenvalue weighted by Crippen LogP contribution is -2.17. The number of methoxy groups -OCH3 is 1. The molecule has 2 rings (SSSR count). The first-order valence-corrected chi connectivity index (χ1v) is 7.80. The van der Waals surface area contributed by atoms with E-state index in [1.165, 1.54) is 7.11 Å². The van der Waals surface area contributed by atoms with Crippen molar-refractivity contribution in [3.63, 3.8) is 0 Å². The Kier molecular flexibility index (Phi) is 4.63. The summed E-state index contributed by atoms with van der Waals surface area (Å²) >= 11 is 8.39. The summed E-state index contributed by atoms with van der Waals surface area (Å²) in [4.78, 5) is 8.92. The SMILES string of the molecule is COc1ccc(-c2nc(Cl)c(I)c(C(C)(C)C)n2)cc1O. The Morgan fingerprint density at radius 1 is 1.24 bits per heavy atom. The largest absolute Gasteiger partial charge is 0.504 e. The minimum Gasteiger partial charge on any atom is -0.504 e. The van der Waals surface area contributed by atoms with Gasteiger partial charge < -0.3 is 9.84 Å². The number of ether oxygens (including phenoxy) is 1. The molecular weight excluding hydrogens is 403 g/mol. The highest BCUT2D eigenvalue weighted by molar-refractivity contribution is 14.1. The Morgan fingerprint density at radius 3 is 2.43 bits per heavy atom. The van der Waals surface area contributed by atoms with Crippen LogP contribution in [0.25, 0.3) is 11.4 Å². The summed E-state index contributed by atoms with van der Waals surface area (Å²) in [6, 6.07) is 5.05. The zero-order valence-corrected chi connectivity index (χ0v) is 15.2. The molecule has 0 amide bonds. The molecule has 0 saturated carbocycles. The molecule has 1 aromatic carbocycles. The average molecular weight is 419 g/mol. The number of aromatic nitrogens is 2. The number of benzene rings is 1. The van der Waals surface area contributed by atoms with E-state index in [9.17, 15) is 5.11 Å². The first-order chi connectivity index (χ1) is 9.74. The maximum atomic E-state index is 9.89.